The van der Waals surface area contributed by atoms with Crippen LogP contribution in [0, 0.1) is 0 Å². The van der Waals surface area contributed by atoms with Crippen LogP contribution >= 0.6 is 0 Å². The van der Waals surface area contributed by atoms with Crippen molar-refractivity contribution >= 4 is 0 Å². The minimum Gasteiger partial charge on any atom is -0.387 e. The zero-order valence-corrected chi connectivity index (χ0v) is 16.5. The van der Waals surface area contributed by atoms with Gasteiger partial charge in [-0.1, -0.05) is 25.0 Å². The Balaban J connectivity index is 2.16. The van der Waals surface area contributed by atoms with Gasteiger partial charge in [0.2, 0.25) is 0 Å². The standard InChI is InChI=1S/C21H23F7N2O/c22-9-3-1-2-4-10-29-13-18(31)15-11-17(30-19(12-15)21(26,27)28)14-5-7-16(8-6-14)20(23,24)25/h5-8,11-12,18,29,31H,1-4,9-10,13H2/t18-/m0/s1. The van der Waals surface area contributed by atoms with Gasteiger partial charge >= 0.3 is 12.4 Å². The molecule has 0 bridgehead atoms. The molecule has 0 saturated heterocycles. The highest BCUT2D eigenvalue weighted by Gasteiger charge is 2.34. The van der Waals surface area contributed by atoms with Crippen molar-refractivity contribution < 1.29 is 35.8 Å². The smallest absolute Gasteiger partial charge is 0.387 e. The van der Waals surface area contributed by atoms with Gasteiger partial charge in [0.1, 0.15) is 5.69 Å². The summed E-state index contributed by atoms with van der Waals surface area (Å²) >= 11 is 0. The maximum atomic E-state index is 13.3. The highest BCUT2D eigenvalue weighted by molar-refractivity contribution is 5.61. The zero-order chi connectivity index (χ0) is 23.1. The Labute approximate surface area is 175 Å². The lowest BCUT2D eigenvalue weighted by Gasteiger charge is -2.16. The molecule has 0 aliphatic heterocycles. The van der Waals surface area contributed by atoms with Crippen LogP contribution in [0.15, 0.2) is 36.4 Å². The quantitative estimate of drug-likeness (QED) is 0.347. The van der Waals surface area contributed by atoms with Crippen LogP contribution in [-0.2, 0) is 12.4 Å². The largest absolute Gasteiger partial charge is 0.433 e. The van der Waals surface area contributed by atoms with Crippen molar-refractivity contribution in [1.82, 2.24) is 10.3 Å². The van der Waals surface area contributed by atoms with Crippen molar-refractivity contribution in [3.05, 3.63) is 53.2 Å². The summed E-state index contributed by atoms with van der Waals surface area (Å²) in [6.45, 7) is 0.111. The number of alkyl halides is 7. The number of aliphatic hydroxyl groups excluding tert-OH is 1. The lowest BCUT2D eigenvalue weighted by atomic mass is 10.0. The Bertz CT molecular complexity index is 820. The lowest BCUT2D eigenvalue weighted by Crippen LogP contribution is -2.23. The number of benzene rings is 1. The number of aliphatic hydroxyl groups is 1. The molecule has 0 aliphatic carbocycles. The van der Waals surface area contributed by atoms with E-state index in [1.807, 2.05) is 0 Å². The Morgan fingerprint density at radius 2 is 1.52 bits per heavy atom. The van der Waals surface area contributed by atoms with Crippen LogP contribution in [0.25, 0.3) is 11.3 Å². The Kier molecular flexibility index (Phi) is 8.81. The predicted molar refractivity (Wildman–Crippen MR) is 102 cm³/mol. The van der Waals surface area contributed by atoms with Gasteiger partial charge in [-0.15, -0.1) is 0 Å². The van der Waals surface area contributed by atoms with E-state index in [1.165, 1.54) is 6.07 Å². The summed E-state index contributed by atoms with van der Waals surface area (Å²) in [5, 5.41) is 13.2. The van der Waals surface area contributed by atoms with Gasteiger partial charge in [0.25, 0.3) is 0 Å². The van der Waals surface area contributed by atoms with Gasteiger partial charge in [0.05, 0.1) is 24.0 Å². The van der Waals surface area contributed by atoms with E-state index in [4.69, 9.17) is 0 Å². The number of rotatable bonds is 10. The third-order valence-corrected chi connectivity index (χ3v) is 4.61. The van der Waals surface area contributed by atoms with E-state index in [1.54, 1.807) is 0 Å². The second-order valence-electron chi connectivity index (χ2n) is 7.07. The van der Waals surface area contributed by atoms with Gasteiger partial charge < -0.3 is 10.4 Å². The lowest BCUT2D eigenvalue weighted by molar-refractivity contribution is -0.141. The summed E-state index contributed by atoms with van der Waals surface area (Å²) in [6.07, 6.45) is -7.91. The third kappa shape index (κ3) is 7.77. The van der Waals surface area contributed by atoms with Crippen LogP contribution in [0.4, 0.5) is 30.7 Å². The van der Waals surface area contributed by atoms with E-state index in [9.17, 15) is 35.8 Å². The topological polar surface area (TPSA) is 45.1 Å². The number of unbranched alkanes of at least 4 members (excludes halogenated alkanes) is 3. The second-order valence-corrected chi connectivity index (χ2v) is 7.07. The molecule has 0 fully saturated rings. The van der Waals surface area contributed by atoms with E-state index in [0.717, 1.165) is 49.6 Å². The maximum absolute atomic E-state index is 13.3. The fourth-order valence-electron chi connectivity index (χ4n) is 2.92. The van der Waals surface area contributed by atoms with E-state index in [-0.39, 0.29) is 30.0 Å². The number of aromatic nitrogens is 1. The molecular formula is C21H23F7N2O. The fourth-order valence-corrected chi connectivity index (χ4v) is 2.92. The van der Waals surface area contributed by atoms with E-state index in [2.05, 4.69) is 10.3 Å². The number of nitrogens with zero attached hydrogens (tertiary/aromatic N) is 1. The van der Waals surface area contributed by atoms with Crippen molar-refractivity contribution in [3.8, 4) is 11.3 Å². The first-order chi connectivity index (χ1) is 14.5. The van der Waals surface area contributed by atoms with E-state index in [0.29, 0.717) is 13.0 Å². The van der Waals surface area contributed by atoms with Crippen molar-refractivity contribution in [2.24, 2.45) is 0 Å². The average molecular weight is 452 g/mol. The number of hydrogen-bond acceptors (Lipinski definition) is 3. The number of nitrogens with one attached hydrogen (secondary N) is 1. The molecule has 2 aromatic rings. The first-order valence-corrected chi connectivity index (χ1v) is 9.74. The first-order valence-electron chi connectivity index (χ1n) is 9.74. The van der Waals surface area contributed by atoms with Gasteiger partial charge in [-0.05, 0) is 49.2 Å². The molecule has 172 valence electrons. The van der Waals surface area contributed by atoms with E-state index >= 15 is 0 Å². The summed E-state index contributed by atoms with van der Waals surface area (Å²) in [7, 11) is 0. The molecule has 0 amide bonds. The molecule has 2 N–H and O–H groups in total. The monoisotopic (exact) mass is 452 g/mol. The SMILES string of the molecule is O[C@@H](CNCCCCCCF)c1cc(-c2ccc(C(F)(F)F)cc2)nc(C(F)(F)F)c1. The molecule has 1 aromatic carbocycles. The van der Waals surface area contributed by atoms with Crippen molar-refractivity contribution in [1.29, 1.82) is 0 Å². The number of pyridine rings is 1. The second kappa shape index (κ2) is 10.9. The Morgan fingerprint density at radius 1 is 0.871 bits per heavy atom. The van der Waals surface area contributed by atoms with Crippen molar-refractivity contribution in [2.75, 3.05) is 19.8 Å². The Hall–Kier alpha value is -2.20. The van der Waals surface area contributed by atoms with Crippen LogP contribution in [-0.4, -0.2) is 29.9 Å². The molecule has 3 nitrogen and oxygen atoms in total. The van der Waals surface area contributed by atoms with Crippen molar-refractivity contribution in [3.63, 3.8) is 0 Å². The molecule has 1 aromatic heterocycles. The average Bonchev–Trinajstić information content (AvgIpc) is 2.71. The number of hydrogen-bond donors (Lipinski definition) is 2. The Morgan fingerprint density at radius 3 is 2.10 bits per heavy atom. The first kappa shape index (κ1) is 25.1. The van der Waals surface area contributed by atoms with Crippen LogP contribution in [0.5, 0.6) is 0 Å². The van der Waals surface area contributed by atoms with Crippen LogP contribution < -0.4 is 5.32 Å². The van der Waals surface area contributed by atoms with Crippen molar-refractivity contribution in [2.45, 2.75) is 44.1 Å². The van der Waals surface area contributed by atoms with Gasteiger partial charge in [-0.25, -0.2) is 4.98 Å². The van der Waals surface area contributed by atoms with Gasteiger partial charge in [-0.2, -0.15) is 26.3 Å². The molecule has 10 heteroatoms. The highest BCUT2D eigenvalue weighted by Crippen LogP contribution is 2.34. The molecule has 1 atom stereocenters. The maximum Gasteiger partial charge on any atom is 0.433 e. The molecule has 31 heavy (non-hydrogen) atoms. The van der Waals surface area contributed by atoms with Gasteiger partial charge in [0, 0.05) is 12.1 Å². The number of halogens is 7. The van der Waals surface area contributed by atoms with Crippen LogP contribution in [0.2, 0.25) is 0 Å². The molecule has 0 saturated carbocycles. The fraction of sp³-hybridized carbons (Fsp3) is 0.476. The highest BCUT2D eigenvalue weighted by atomic mass is 19.4. The van der Waals surface area contributed by atoms with Crippen LogP contribution in [0.1, 0.15) is 48.6 Å². The summed E-state index contributed by atoms with van der Waals surface area (Å²) in [5.74, 6) is 0. The van der Waals surface area contributed by atoms with E-state index < -0.39 is 29.7 Å². The summed E-state index contributed by atoms with van der Waals surface area (Å²) in [6, 6.07) is 5.55. The molecule has 2 rings (SSSR count). The summed E-state index contributed by atoms with van der Waals surface area (Å²) in [5.41, 5.74) is -2.36. The molecular weight excluding hydrogens is 429 g/mol. The molecule has 0 spiro atoms. The normalized spacial score (nSPS) is 13.4. The third-order valence-electron chi connectivity index (χ3n) is 4.61. The molecule has 1 heterocycles. The molecule has 0 unspecified atom stereocenters. The summed E-state index contributed by atoms with van der Waals surface area (Å²) in [4.78, 5) is 3.52. The van der Waals surface area contributed by atoms with Gasteiger partial charge in [-0.3, -0.25) is 4.39 Å². The summed E-state index contributed by atoms with van der Waals surface area (Å²) < 4.78 is 90.0. The minimum atomic E-state index is -4.79. The van der Waals surface area contributed by atoms with Gasteiger partial charge in [0.15, 0.2) is 0 Å². The van der Waals surface area contributed by atoms with Crippen LogP contribution in [0.3, 0.4) is 0 Å². The zero-order valence-electron chi connectivity index (χ0n) is 16.5. The predicted octanol–water partition coefficient (Wildman–Crippen LogP) is 5.94. The minimum absolute atomic E-state index is 0.0170. The molecule has 0 aliphatic rings. The molecule has 0 radical (unpaired) electrons.